The number of para-hydroxylation sites is 1. The Morgan fingerprint density at radius 1 is 1.29 bits per heavy atom. The number of ether oxygens (including phenoxy) is 1. The lowest BCUT2D eigenvalue weighted by atomic mass is 9.86. The highest BCUT2D eigenvalue weighted by atomic mass is 16.5. The lowest BCUT2D eigenvalue weighted by Gasteiger charge is -2.31. The van der Waals surface area contributed by atoms with Gasteiger partial charge in [-0.15, -0.1) is 0 Å². The van der Waals surface area contributed by atoms with Crippen molar-refractivity contribution in [3.8, 4) is 5.75 Å². The van der Waals surface area contributed by atoms with Crippen LogP contribution in [0.15, 0.2) is 24.3 Å². The van der Waals surface area contributed by atoms with Gasteiger partial charge in [0.25, 0.3) is 0 Å². The Hall–Kier alpha value is -1.75. The number of aliphatic hydroxyl groups excluding tert-OH is 1. The molecule has 2 amide bonds. The van der Waals surface area contributed by atoms with Gasteiger partial charge >= 0.3 is 6.03 Å². The van der Waals surface area contributed by atoms with E-state index in [2.05, 4.69) is 32.2 Å². The number of carbonyl (C=O) groups excluding carboxylic acids is 1. The van der Waals surface area contributed by atoms with Crippen LogP contribution in [0.5, 0.6) is 5.75 Å². The molecule has 1 aromatic rings. The number of nitrogens with one attached hydrogen (secondary N) is 1. The van der Waals surface area contributed by atoms with Crippen LogP contribution in [0.3, 0.4) is 0 Å². The minimum Gasteiger partial charge on any atom is -0.491 e. The quantitative estimate of drug-likeness (QED) is 0.814. The van der Waals surface area contributed by atoms with Crippen molar-refractivity contribution in [3.05, 3.63) is 29.8 Å². The molecule has 1 heterocycles. The first-order valence-electron chi connectivity index (χ1n) is 8.77. The Balaban J connectivity index is 1.75. The minimum atomic E-state index is -0.0425. The number of urea groups is 1. The zero-order chi connectivity index (χ0) is 17.6. The number of nitrogens with zero attached hydrogens (tertiary/aromatic N) is 1. The standard InChI is InChI=1S/C19H30N2O3/c1-19(2,3)16-6-4-5-7-17(16)24-13-10-20-18(23)21-11-8-15(14-22)9-12-21/h4-7,15,22H,8-14H2,1-3H3,(H,20,23). The number of rotatable bonds is 5. The molecule has 1 aliphatic heterocycles. The first-order valence-corrected chi connectivity index (χ1v) is 8.77. The molecular weight excluding hydrogens is 304 g/mol. The Bertz CT molecular complexity index is 532. The second-order valence-corrected chi connectivity index (χ2v) is 7.44. The first kappa shape index (κ1) is 18.6. The van der Waals surface area contributed by atoms with E-state index < -0.39 is 0 Å². The molecule has 0 radical (unpaired) electrons. The predicted molar refractivity (Wildman–Crippen MR) is 95.4 cm³/mol. The molecule has 1 fully saturated rings. The molecule has 24 heavy (non-hydrogen) atoms. The number of likely N-dealkylation sites (tertiary alicyclic amines) is 1. The van der Waals surface area contributed by atoms with Crippen molar-refractivity contribution in [2.75, 3.05) is 32.8 Å². The summed E-state index contributed by atoms with van der Waals surface area (Å²) in [5, 5.41) is 12.1. The van der Waals surface area contributed by atoms with Gasteiger partial charge in [0.1, 0.15) is 12.4 Å². The van der Waals surface area contributed by atoms with E-state index in [4.69, 9.17) is 9.84 Å². The van der Waals surface area contributed by atoms with Gasteiger partial charge in [-0.25, -0.2) is 4.79 Å². The normalized spacial score (nSPS) is 16.1. The maximum atomic E-state index is 12.1. The Morgan fingerprint density at radius 3 is 2.58 bits per heavy atom. The Labute approximate surface area is 145 Å². The van der Waals surface area contributed by atoms with Crippen LogP contribution in [0.25, 0.3) is 0 Å². The van der Waals surface area contributed by atoms with Crippen molar-refractivity contribution in [3.63, 3.8) is 0 Å². The highest BCUT2D eigenvalue weighted by molar-refractivity contribution is 5.74. The largest absolute Gasteiger partial charge is 0.491 e. The number of aliphatic hydroxyl groups is 1. The van der Waals surface area contributed by atoms with Crippen LogP contribution < -0.4 is 10.1 Å². The fourth-order valence-corrected chi connectivity index (χ4v) is 2.96. The van der Waals surface area contributed by atoms with E-state index in [1.807, 2.05) is 23.1 Å². The van der Waals surface area contributed by atoms with Crippen molar-refractivity contribution in [1.29, 1.82) is 0 Å². The summed E-state index contributed by atoms with van der Waals surface area (Å²) in [6.07, 6.45) is 1.75. The van der Waals surface area contributed by atoms with E-state index in [-0.39, 0.29) is 18.1 Å². The van der Waals surface area contributed by atoms with Gasteiger partial charge < -0.3 is 20.1 Å². The molecule has 0 aromatic heterocycles. The van der Waals surface area contributed by atoms with Crippen molar-refractivity contribution in [2.24, 2.45) is 5.92 Å². The number of hydrogen-bond donors (Lipinski definition) is 2. The van der Waals surface area contributed by atoms with Crippen LogP contribution >= 0.6 is 0 Å². The number of benzene rings is 1. The molecule has 0 aliphatic carbocycles. The van der Waals surface area contributed by atoms with E-state index in [0.717, 1.165) is 18.6 Å². The summed E-state index contributed by atoms with van der Waals surface area (Å²) in [7, 11) is 0. The molecule has 2 N–H and O–H groups in total. The zero-order valence-electron chi connectivity index (χ0n) is 15.0. The highest BCUT2D eigenvalue weighted by Gasteiger charge is 2.22. The third-order valence-electron chi connectivity index (χ3n) is 4.49. The summed E-state index contributed by atoms with van der Waals surface area (Å²) in [5.41, 5.74) is 1.19. The van der Waals surface area contributed by atoms with Crippen molar-refractivity contribution in [2.45, 2.75) is 39.0 Å². The number of amides is 2. The van der Waals surface area contributed by atoms with Gasteiger partial charge in [-0.2, -0.15) is 0 Å². The molecule has 0 saturated carbocycles. The zero-order valence-corrected chi connectivity index (χ0v) is 15.0. The monoisotopic (exact) mass is 334 g/mol. The van der Waals surface area contributed by atoms with E-state index in [0.29, 0.717) is 32.2 Å². The van der Waals surface area contributed by atoms with Gasteiger partial charge in [0.2, 0.25) is 0 Å². The summed E-state index contributed by atoms with van der Waals surface area (Å²) in [4.78, 5) is 13.9. The lowest BCUT2D eigenvalue weighted by Crippen LogP contribution is -2.45. The summed E-state index contributed by atoms with van der Waals surface area (Å²) >= 11 is 0. The Morgan fingerprint density at radius 2 is 1.96 bits per heavy atom. The second kappa shape index (κ2) is 8.38. The molecule has 0 unspecified atom stereocenters. The van der Waals surface area contributed by atoms with Crippen molar-refractivity contribution in [1.82, 2.24) is 10.2 Å². The average molecular weight is 334 g/mol. The molecule has 134 valence electrons. The van der Waals surface area contributed by atoms with Crippen LogP contribution in [0.4, 0.5) is 4.79 Å². The summed E-state index contributed by atoms with van der Waals surface area (Å²) in [6, 6.07) is 8.00. The second-order valence-electron chi connectivity index (χ2n) is 7.44. The van der Waals surface area contributed by atoms with Crippen LogP contribution in [0.1, 0.15) is 39.2 Å². The van der Waals surface area contributed by atoms with Gasteiger partial charge in [0.15, 0.2) is 0 Å². The average Bonchev–Trinajstić information content (AvgIpc) is 2.58. The van der Waals surface area contributed by atoms with Crippen molar-refractivity contribution < 1.29 is 14.6 Å². The van der Waals surface area contributed by atoms with Gasteiger partial charge in [0, 0.05) is 19.7 Å². The Kier molecular flexibility index (Phi) is 6.49. The summed E-state index contributed by atoms with van der Waals surface area (Å²) < 4.78 is 5.87. The topological polar surface area (TPSA) is 61.8 Å². The molecular formula is C19H30N2O3. The highest BCUT2D eigenvalue weighted by Crippen LogP contribution is 2.30. The lowest BCUT2D eigenvalue weighted by molar-refractivity contribution is 0.136. The molecule has 5 heteroatoms. The van der Waals surface area contributed by atoms with E-state index >= 15 is 0 Å². The van der Waals surface area contributed by atoms with Gasteiger partial charge in [-0.05, 0) is 35.8 Å². The maximum Gasteiger partial charge on any atom is 0.317 e. The first-order chi connectivity index (χ1) is 11.4. The number of carbonyl (C=O) groups is 1. The summed E-state index contributed by atoms with van der Waals surface area (Å²) in [6.45, 7) is 9.06. The van der Waals surface area contributed by atoms with Crippen molar-refractivity contribution >= 4 is 6.03 Å². The fourth-order valence-electron chi connectivity index (χ4n) is 2.96. The predicted octanol–water partition coefficient (Wildman–Crippen LogP) is 2.78. The third-order valence-corrected chi connectivity index (χ3v) is 4.49. The summed E-state index contributed by atoms with van der Waals surface area (Å²) in [5.74, 6) is 1.22. The molecule has 1 aromatic carbocycles. The minimum absolute atomic E-state index is 0.0247. The van der Waals surface area contributed by atoms with Gasteiger partial charge in [-0.1, -0.05) is 39.0 Å². The van der Waals surface area contributed by atoms with Crippen LogP contribution in [0, 0.1) is 5.92 Å². The third kappa shape index (κ3) is 5.13. The van der Waals surface area contributed by atoms with Crippen LogP contribution in [0.2, 0.25) is 0 Å². The smallest absolute Gasteiger partial charge is 0.317 e. The molecule has 1 aliphatic rings. The molecule has 1 saturated heterocycles. The SMILES string of the molecule is CC(C)(C)c1ccccc1OCCNC(=O)N1CCC(CO)CC1. The molecule has 0 bridgehead atoms. The fraction of sp³-hybridized carbons (Fsp3) is 0.632. The number of piperidine rings is 1. The van der Waals surface area contributed by atoms with E-state index in [1.165, 1.54) is 5.56 Å². The van der Waals surface area contributed by atoms with Crippen LogP contribution in [-0.2, 0) is 5.41 Å². The molecule has 0 spiro atoms. The maximum absolute atomic E-state index is 12.1. The molecule has 0 atom stereocenters. The van der Waals surface area contributed by atoms with E-state index in [9.17, 15) is 4.79 Å². The van der Waals surface area contributed by atoms with E-state index in [1.54, 1.807) is 0 Å². The number of hydrogen-bond acceptors (Lipinski definition) is 3. The van der Waals surface area contributed by atoms with Gasteiger partial charge in [0.05, 0.1) is 6.54 Å². The van der Waals surface area contributed by atoms with Gasteiger partial charge in [-0.3, -0.25) is 0 Å². The van der Waals surface area contributed by atoms with Crippen LogP contribution in [-0.4, -0.2) is 48.9 Å². The molecule has 2 rings (SSSR count). The molecule has 5 nitrogen and oxygen atoms in total.